The highest BCUT2D eigenvalue weighted by Crippen LogP contribution is 2.28. The SMILES string of the molecule is COc1ccc(-n2c(SC(CN3CCCCCC3)CN3CCCC3=O)nc3ccccc3c2=O)cc1. The molecule has 0 saturated carbocycles. The van der Waals surface area contributed by atoms with E-state index in [0.29, 0.717) is 29.0 Å². The maximum atomic E-state index is 13.7. The summed E-state index contributed by atoms with van der Waals surface area (Å²) >= 11 is 1.62. The number of likely N-dealkylation sites (tertiary alicyclic amines) is 2. The van der Waals surface area contributed by atoms with Gasteiger partial charge in [-0.1, -0.05) is 36.7 Å². The number of para-hydroxylation sites is 1. The first-order valence-corrected chi connectivity index (χ1v) is 13.8. The van der Waals surface area contributed by atoms with Gasteiger partial charge in [-0.15, -0.1) is 0 Å². The maximum Gasteiger partial charge on any atom is 0.266 e. The number of hydrogen-bond acceptors (Lipinski definition) is 6. The average molecular weight is 507 g/mol. The quantitative estimate of drug-likeness (QED) is 0.334. The number of rotatable bonds is 8. The van der Waals surface area contributed by atoms with E-state index in [-0.39, 0.29) is 16.7 Å². The van der Waals surface area contributed by atoms with Crippen LogP contribution in [0.25, 0.3) is 16.6 Å². The van der Waals surface area contributed by atoms with Crippen LogP contribution >= 0.6 is 11.8 Å². The van der Waals surface area contributed by atoms with Gasteiger partial charge in [0.05, 0.1) is 23.7 Å². The van der Waals surface area contributed by atoms with E-state index >= 15 is 0 Å². The van der Waals surface area contributed by atoms with Gasteiger partial charge in [0.15, 0.2) is 5.16 Å². The van der Waals surface area contributed by atoms with Gasteiger partial charge in [-0.3, -0.25) is 14.2 Å². The number of benzene rings is 2. The number of fused-ring (bicyclic) bond motifs is 1. The summed E-state index contributed by atoms with van der Waals surface area (Å²) in [6.45, 7) is 4.53. The first kappa shape index (κ1) is 24.8. The predicted octanol–water partition coefficient (Wildman–Crippen LogP) is 4.35. The second-order valence-corrected chi connectivity index (χ2v) is 10.9. The molecule has 190 valence electrons. The van der Waals surface area contributed by atoms with Crippen molar-refractivity contribution < 1.29 is 9.53 Å². The molecule has 3 heterocycles. The second-order valence-electron chi connectivity index (χ2n) is 9.65. The first-order chi connectivity index (χ1) is 17.6. The summed E-state index contributed by atoms with van der Waals surface area (Å²) in [5.41, 5.74) is 1.37. The van der Waals surface area contributed by atoms with Crippen molar-refractivity contribution in [3.8, 4) is 11.4 Å². The summed E-state index contributed by atoms with van der Waals surface area (Å²) in [4.78, 5) is 35.7. The van der Waals surface area contributed by atoms with E-state index in [2.05, 4.69) is 4.90 Å². The third-order valence-electron chi connectivity index (χ3n) is 7.10. The molecule has 8 heteroatoms. The molecule has 0 N–H and O–H groups in total. The van der Waals surface area contributed by atoms with E-state index in [1.807, 2.05) is 53.4 Å². The molecule has 2 aliphatic heterocycles. The first-order valence-electron chi connectivity index (χ1n) is 13.0. The summed E-state index contributed by atoms with van der Waals surface area (Å²) in [6.07, 6.45) is 6.54. The molecule has 2 saturated heterocycles. The molecule has 36 heavy (non-hydrogen) atoms. The number of amides is 1. The summed E-state index contributed by atoms with van der Waals surface area (Å²) in [5, 5.41) is 1.37. The van der Waals surface area contributed by atoms with Crippen molar-refractivity contribution in [2.24, 2.45) is 0 Å². The van der Waals surface area contributed by atoms with Gasteiger partial charge in [0.2, 0.25) is 5.91 Å². The van der Waals surface area contributed by atoms with Crippen molar-refractivity contribution >= 4 is 28.6 Å². The van der Waals surface area contributed by atoms with E-state index in [1.165, 1.54) is 25.7 Å². The predicted molar refractivity (Wildman–Crippen MR) is 144 cm³/mol. The van der Waals surface area contributed by atoms with E-state index in [0.717, 1.165) is 44.0 Å². The van der Waals surface area contributed by atoms with Crippen molar-refractivity contribution in [1.29, 1.82) is 0 Å². The molecule has 3 aromatic rings. The fraction of sp³-hybridized carbons (Fsp3) is 0.464. The molecule has 0 aliphatic carbocycles. The van der Waals surface area contributed by atoms with Crippen molar-refractivity contribution in [1.82, 2.24) is 19.4 Å². The lowest BCUT2D eigenvalue weighted by Gasteiger charge is -2.29. The smallest absolute Gasteiger partial charge is 0.266 e. The van der Waals surface area contributed by atoms with Crippen LogP contribution in [0.2, 0.25) is 0 Å². The van der Waals surface area contributed by atoms with E-state index in [1.54, 1.807) is 23.4 Å². The summed E-state index contributed by atoms with van der Waals surface area (Å²) < 4.78 is 7.04. The maximum absolute atomic E-state index is 13.7. The van der Waals surface area contributed by atoms with Gasteiger partial charge < -0.3 is 14.5 Å². The molecular weight excluding hydrogens is 472 g/mol. The van der Waals surface area contributed by atoms with Crippen LogP contribution in [0.4, 0.5) is 0 Å². The molecule has 2 fully saturated rings. The molecule has 2 aliphatic rings. The minimum atomic E-state index is -0.0842. The number of ether oxygens (including phenoxy) is 1. The lowest BCUT2D eigenvalue weighted by Crippen LogP contribution is -2.40. The Kier molecular flexibility index (Phi) is 7.92. The minimum Gasteiger partial charge on any atom is -0.497 e. The van der Waals surface area contributed by atoms with Gasteiger partial charge in [0, 0.05) is 31.3 Å². The molecule has 0 spiro atoms. The van der Waals surface area contributed by atoms with Gasteiger partial charge in [-0.2, -0.15) is 0 Å². The normalized spacial score (nSPS) is 17.9. The highest BCUT2D eigenvalue weighted by Gasteiger charge is 2.27. The fourth-order valence-electron chi connectivity index (χ4n) is 5.18. The number of carbonyl (C=O) groups excluding carboxylic acids is 1. The van der Waals surface area contributed by atoms with Crippen molar-refractivity contribution in [3.05, 3.63) is 58.9 Å². The van der Waals surface area contributed by atoms with E-state index in [4.69, 9.17) is 9.72 Å². The van der Waals surface area contributed by atoms with Crippen molar-refractivity contribution in [2.45, 2.75) is 48.9 Å². The number of thioether (sulfide) groups is 1. The average Bonchev–Trinajstić information content (AvgIpc) is 3.12. The zero-order valence-electron chi connectivity index (χ0n) is 20.9. The number of nitrogens with zero attached hydrogens (tertiary/aromatic N) is 4. The number of hydrogen-bond donors (Lipinski definition) is 0. The van der Waals surface area contributed by atoms with Gasteiger partial charge in [-0.05, 0) is 68.8 Å². The Morgan fingerprint density at radius 2 is 1.67 bits per heavy atom. The van der Waals surface area contributed by atoms with Crippen LogP contribution in [0.3, 0.4) is 0 Å². The third-order valence-corrected chi connectivity index (χ3v) is 8.22. The molecule has 0 bridgehead atoms. The van der Waals surface area contributed by atoms with Crippen LogP contribution in [0.15, 0.2) is 58.5 Å². The van der Waals surface area contributed by atoms with Gasteiger partial charge >= 0.3 is 0 Å². The number of aromatic nitrogens is 2. The summed E-state index contributed by atoms with van der Waals surface area (Å²) in [7, 11) is 1.63. The molecule has 1 amide bonds. The zero-order valence-corrected chi connectivity index (χ0v) is 21.7. The standard InChI is InChI=1S/C28H34N4O3S/c1-35-22-14-12-21(13-15-22)32-27(34)24-9-4-5-10-25(24)29-28(32)36-23(20-31-18-8-11-26(31)33)19-30-16-6-2-3-7-17-30/h4-5,9-10,12-15,23H,2-3,6-8,11,16-20H2,1H3. The lowest BCUT2D eigenvalue weighted by atomic mass is 10.2. The Morgan fingerprint density at radius 1 is 0.917 bits per heavy atom. The summed E-state index contributed by atoms with van der Waals surface area (Å²) in [6, 6.07) is 15.0. The van der Waals surface area contributed by atoms with Gasteiger partial charge in [0.1, 0.15) is 5.75 Å². The minimum absolute atomic E-state index is 0.0842. The molecule has 1 unspecified atom stereocenters. The van der Waals surface area contributed by atoms with Crippen molar-refractivity contribution in [3.63, 3.8) is 0 Å². The zero-order chi connectivity index (χ0) is 24.9. The molecule has 1 atom stereocenters. The molecule has 7 nitrogen and oxygen atoms in total. The van der Waals surface area contributed by atoms with Crippen LogP contribution in [0.5, 0.6) is 5.75 Å². The van der Waals surface area contributed by atoms with Crippen LogP contribution < -0.4 is 10.3 Å². The number of methoxy groups -OCH3 is 1. The molecule has 1 aromatic heterocycles. The summed E-state index contributed by atoms with van der Waals surface area (Å²) in [5.74, 6) is 0.969. The highest BCUT2D eigenvalue weighted by atomic mass is 32.2. The topological polar surface area (TPSA) is 67.7 Å². The van der Waals surface area contributed by atoms with Crippen LogP contribution in [-0.4, -0.2) is 70.3 Å². The van der Waals surface area contributed by atoms with E-state index < -0.39 is 0 Å². The number of carbonyl (C=O) groups is 1. The van der Waals surface area contributed by atoms with Gasteiger partial charge in [0.25, 0.3) is 5.56 Å². The van der Waals surface area contributed by atoms with Crippen LogP contribution in [0, 0.1) is 0 Å². The Labute approximate surface area is 216 Å². The second kappa shape index (κ2) is 11.5. The van der Waals surface area contributed by atoms with Gasteiger partial charge in [-0.25, -0.2) is 4.98 Å². The lowest BCUT2D eigenvalue weighted by molar-refractivity contribution is -0.127. The Hall–Kier alpha value is -2.84. The molecule has 5 rings (SSSR count). The van der Waals surface area contributed by atoms with E-state index in [9.17, 15) is 9.59 Å². The molecule has 0 radical (unpaired) electrons. The Bertz CT molecular complexity index is 1250. The van der Waals surface area contributed by atoms with Crippen LogP contribution in [-0.2, 0) is 4.79 Å². The Morgan fingerprint density at radius 3 is 2.36 bits per heavy atom. The van der Waals surface area contributed by atoms with Crippen molar-refractivity contribution in [2.75, 3.05) is 39.8 Å². The molecule has 2 aromatic carbocycles. The largest absolute Gasteiger partial charge is 0.497 e. The molecular formula is C28H34N4O3S. The monoisotopic (exact) mass is 506 g/mol. The fourth-order valence-corrected chi connectivity index (χ4v) is 6.46. The third kappa shape index (κ3) is 5.60. The highest BCUT2D eigenvalue weighted by molar-refractivity contribution is 7.99. The Balaban J connectivity index is 1.53. The van der Waals surface area contributed by atoms with Crippen LogP contribution in [0.1, 0.15) is 38.5 Å².